The molecular weight excluding hydrogens is 304 g/mol. The highest BCUT2D eigenvalue weighted by molar-refractivity contribution is 8.76. The van der Waals surface area contributed by atoms with Crippen LogP contribution in [0.1, 0.15) is 12.8 Å². The number of ether oxygens (including phenoxy) is 2. The van der Waals surface area contributed by atoms with Crippen molar-refractivity contribution in [1.82, 2.24) is 0 Å². The van der Waals surface area contributed by atoms with Crippen LogP contribution in [0.15, 0.2) is 0 Å². The lowest BCUT2D eigenvalue weighted by Crippen LogP contribution is -2.14. The predicted octanol–water partition coefficient (Wildman–Crippen LogP) is 1.75. The minimum Gasteiger partial charge on any atom is -0.481 e. The molecule has 2 fully saturated rings. The number of rotatable bonds is 8. The molecule has 0 aromatic rings. The zero-order valence-corrected chi connectivity index (χ0v) is 12.7. The van der Waals surface area contributed by atoms with Crippen molar-refractivity contribution in [3.63, 3.8) is 0 Å². The van der Waals surface area contributed by atoms with Gasteiger partial charge >= 0.3 is 5.97 Å². The van der Waals surface area contributed by atoms with E-state index in [9.17, 15) is 4.79 Å². The average Bonchev–Trinajstić information content (AvgIpc) is 3.04. The number of hydrogen-bond acceptors (Lipinski definition) is 7. The lowest BCUT2D eigenvalue weighted by Gasteiger charge is -2.10. The van der Waals surface area contributed by atoms with Crippen molar-refractivity contribution in [2.24, 2.45) is 11.8 Å². The van der Waals surface area contributed by atoms with Crippen molar-refractivity contribution in [1.29, 1.82) is 0 Å². The topological polar surface area (TPSA) is 85.2 Å². The van der Waals surface area contributed by atoms with Crippen molar-refractivity contribution in [3.8, 4) is 0 Å². The highest BCUT2D eigenvalue weighted by atomic mass is 33.1. The Morgan fingerprint density at radius 3 is 2.40 bits per heavy atom. The van der Waals surface area contributed by atoms with Gasteiger partial charge in [0.25, 0.3) is 0 Å². The normalized spacial score (nSPS) is 33.6. The van der Waals surface area contributed by atoms with E-state index in [1.54, 1.807) is 21.6 Å². The standard InChI is InChI=1S/C12H20O6S2/c13-12(14)9-2-11(17-5-9)7-20-19-6-10-1-8(3-16-10)4-18-15/h8-11,15H,1-7H2,(H,13,14). The molecule has 0 bridgehead atoms. The van der Waals surface area contributed by atoms with Crippen LogP contribution in [0.4, 0.5) is 0 Å². The summed E-state index contributed by atoms with van der Waals surface area (Å²) in [4.78, 5) is 14.9. The van der Waals surface area contributed by atoms with Gasteiger partial charge in [-0.25, -0.2) is 4.89 Å². The fraction of sp³-hybridized carbons (Fsp3) is 0.917. The Bertz CT molecular complexity index is 316. The van der Waals surface area contributed by atoms with Gasteiger partial charge in [-0.05, 0) is 12.8 Å². The summed E-state index contributed by atoms with van der Waals surface area (Å²) in [7, 11) is 3.43. The molecular formula is C12H20O6S2. The number of aliphatic carboxylic acids is 1. The van der Waals surface area contributed by atoms with E-state index in [0.717, 1.165) is 17.9 Å². The summed E-state index contributed by atoms with van der Waals surface area (Å²) in [5.74, 6) is 0.876. The van der Waals surface area contributed by atoms with Gasteiger partial charge in [-0.1, -0.05) is 21.6 Å². The smallest absolute Gasteiger partial charge is 0.308 e. The maximum atomic E-state index is 10.8. The predicted molar refractivity (Wildman–Crippen MR) is 76.8 cm³/mol. The molecule has 2 aliphatic rings. The van der Waals surface area contributed by atoms with E-state index in [1.165, 1.54) is 0 Å². The number of hydrogen-bond donors (Lipinski definition) is 2. The van der Waals surface area contributed by atoms with Gasteiger partial charge in [0.05, 0.1) is 37.9 Å². The average molecular weight is 324 g/mol. The summed E-state index contributed by atoms with van der Waals surface area (Å²) in [6, 6.07) is 0. The van der Waals surface area contributed by atoms with E-state index >= 15 is 0 Å². The van der Waals surface area contributed by atoms with E-state index in [-0.39, 0.29) is 24.0 Å². The maximum absolute atomic E-state index is 10.8. The molecule has 116 valence electrons. The van der Waals surface area contributed by atoms with Gasteiger partial charge in [0.1, 0.15) is 0 Å². The maximum Gasteiger partial charge on any atom is 0.308 e. The molecule has 0 saturated carbocycles. The highest BCUT2D eigenvalue weighted by Crippen LogP contribution is 2.31. The summed E-state index contributed by atoms with van der Waals surface area (Å²) in [6.07, 6.45) is 1.78. The molecule has 20 heavy (non-hydrogen) atoms. The third-order valence-corrected chi connectivity index (χ3v) is 5.99. The van der Waals surface area contributed by atoms with Gasteiger partial charge in [-0.15, -0.1) is 0 Å². The fourth-order valence-electron chi connectivity index (χ4n) is 2.36. The zero-order valence-electron chi connectivity index (χ0n) is 11.1. The third-order valence-electron chi connectivity index (χ3n) is 3.50. The minimum atomic E-state index is -0.762. The summed E-state index contributed by atoms with van der Waals surface area (Å²) in [5, 5.41) is 17.3. The summed E-state index contributed by atoms with van der Waals surface area (Å²) < 4.78 is 11.1. The van der Waals surface area contributed by atoms with E-state index in [1.807, 2.05) is 0 Å². The molecule has 0 aliphatic carbocycles. The molecule has 4 unspecified atom stereocenters. The van der Waals surface area contributed by atoms with E-state index in [4.69, 9.17) is 19.8 Å². The molecule has 0 amide bonds. The van der Waals surface area contributed by atoms with Crippen molar-refractivity contribution in [2.45, 2.75) is 25.0 Å². The van der Waals surface area contributed by atoms with Gasteiger partial charge in [0.2, 0.25) is 0 Å². The van der Waals surface area contributed by atoms with Crippen molar-refractivity contribution >= 4 is 27.6 Å². The molecule has 0 aromatic carbocycles. The van der Waals surface area contributed by atoms with Gasteiger partial charge in [-0.3, -0.25) is 10.1 Å². The van der Waals surface area contributed by atoms with Crippen LogP contribution in [0.3, 0.4) is 0 Å². The highest BCUT2D eigenvalue weighted by Gasteiger charge is 2.31. The van der Waals surface area contributed by atoms with Crippen molar-refractivity contribution in [3.05, 3.63) is 0 Å². The number of carboxylic acid groups (broad SMARTS) is 1. The van der Waals surface area contributed by atoms with Crippen LogP contribution in [0.25, 0.3) is 0 Å². The SMILES string of the molecule is O=C(O)C1COC(CSSCC2CC(COO)CO2)C1. The molecule has 0 radical (unpaired) electrons. The van der Waals surface area contributed by atoms with Crippen LogP contribution >= 0.6 is 21.6 Å². The summed E-state index contributed by atoms with van der Waals surface area (Å²) in [6.45, 7) is 1.31. The van der Waals surface area contributed by atoms with E-state index in [2.05, 4.69) is 4.89 Å². The van der Waals surface area contributed by atoms with Gasteiger partial charge in [-0.2, -0.15) is 0 Å². The molecule has 2 saturated heterocycles. The first-order valence-corrected chi connectivity index (χ1v) is 9.14. The van der Waals surface area contributed by atoms with Crippen LogP contribution < -0.4 is 0 Å². The van der Waals surface area contributed by atoms with Crippen LogP contribution in [-0.4, -0.2) is 59.9 Å². The molecule has 6 nitrogen and oxygen atoms in total. The van der Waals surface area contributed by atoms with Crippen LogP contribution in [0.5, 0.6) is 0 Å². The second-order valence-electron chi connectivity index (χ2n) is 5.15. The van der Waals surface area contributed by atoms with Gasteiger partial charge in [0.15, 0.2) is 0 Å². The fourth-order valence-corrected chi connectivity index (χ4v) is 4.81. The molecule has 2 N–H and O–H groups in total. The Balaban J connectivity index is 1.51. The number of carbonyl (C=O) groups is 1. The third kappa shape index (κ3) is 5.09. The molecule has 2 aliphatic heterocycles. The van der Waals surface area contributed by atoms with E-state index < -0.39 is 5.97 Å². The van der Waals surface area contributed by atoms with Crippen LogP contribution in [0.2, 0.25) is 0 Å². The minimum absolute atomic E-state index is 0.0497. The molecule has 8 heteroatoms. The van der Waals surface area contributed by atoms with E-state index in [0.29, 0.717) is 26.2 Å². The Hall–Kier alpha value is 0.01000. The zero-order chi connectivity index (χ0) is 14.4. The first-order chi connectivity index (χ1) is 9.69. The van der Waals surface area contributed by atoms with Crippen LogP contribution in [-0.2, 0) is 19.2 Å². The first kappa shape index (κ1) is 16.4. The Labute approximate surface area is 125 Å². The lowest BCUT2D eigenvalue weighted by atomic mass is 10.1. The molecule has 2 heterocycles. The van der Waals surface area contributed by atoms with Crippen molar-refractivity contribution < 1.29 is 29.5 Å². The summed E-state index contributed by atoms with van der Waals surface area (Å²) in [5.41, 5.74) is 0. The summed E-state index contributed by atoms with van der Waals surface area (Å²) >= 11 is 0. The number of carboxylic acids is 1. The Morgan fingerprint density at radius 2 is 1.80 bits per heavy atom. The van der Waals surface area contributed by atoms with Crippen molar-refractivity contribution in [2.75, 3.05) is 31.3 Å². The largest absolute Gasteiger partial charge is 0.481 e. The molecule has 4 atom stereocenters. The van der Waals surface area contributed by atoms with Gasteiger partial charge < -0.3 is 14.6 Å². The molecule has 0 spiro atoms. The monoisotopic (exact) mass is 324 g/mol. The lowest BCUT2D eigenvalue weighted by molar-refractivity contribution is -0.250. The Kier molecular flexibility index (Phi) is 6.92. The second kappa shape index (κ2) is 8.45. The quantitative estimate of drug-likeness (QED) is 0.302. The molecule has 2 rings (SSSR count). The van der Waals surface area contributed by atoms with Gasteiger partial charge in [0, 0.05) is 17.4 Å². The first-order valence-electron chi connectivity index (χ1n) is 6.65. The molecule has 0 aromatic heterocycles. The second-order valence-corrected chi connectivity index (χ2v) is 7.70. The van der Waals surface area contributed by atoms with Crippen LogP contribution in [0, 0.1) is 11.8 Å². The Morgan fingerprint density at radius 1 is 1.15 bits per heavy atom.